The number of hydrogen-bond acceptors (Lipinski definition) is 2. The van der Waals surface area contributed by atoms with Gasteiger partial charge in [0.2, 0.25) is 0 Å². The SMILES string of the molecule is CSc1ccc(Br)cc1OCc1ccccc1. The molecule has 0 aromatic heterocycles. The van der Waals surface area contributed by atoms with E-state index in [2.05, 4.69) is 40.4 Å². The van der Waals surface area contributed by atoms with Crippen LogP contribution in [0.15, 0.2) is 57.9 Å². The molecule has 0 radical (unpaired) electrons. The van der Waals surface area contributed by atoms with Crippen molar-refractivity contribution in [2.24, 2.45) is 0 Å². The lowest BCUT2D eigenvalue weighted by Crippen LogP contribution is -1.96. The summed E-state index contributed by atoms with van der Waals surface area (Å²) in [7, 11) is 0. The third kappa shape index (κ3) is 3.51. The zero-order valence-electron chi connectivity index (χ0n) is 9.52. The van der Waals surface area contributed by atoms with Crippen LogP contribution in [0.5, 0.6) is 5.75 Å². The molecule has 2 aromatic carbocycles. The minimum Gasteiger partial charge on any atom is -0.488 e. The predicted octanol–water partition coefficient (Wildman–Crippen LogP) is 4.75. The number of benzene rings is 2. The molecule has 0 saturated carbocycles. The van der Waals surface area contributed by atoms with Gasteiger partial charge in [-0.2, -0.15) is 0 Å². The van der Waals surface area contributed by atoms with Crippen LogP contribution in [-0.2, 0) is 6.61 Å². The van der Waals surface area contributed by atoms with Crippen LogP contribution in [0.2, 0.25) is 0 Å². The van der Waals surface area contributed by atoms with Gasteiger partial charge in [0.15, 0.2) is 0 Å². The highest BCUT2D eigenvalue weighted by Gasteiger charge is 2.03. The highest BCUT2D eigenvalue weighted by molar-refractivity contribution is 9.10. The molecule has 17 heavy (non-hydrogen) atoms. The van der Waals surface area contributed by atoms with Crippen molar-refractivity contribution >= 4 is 27.7 Å². The Balaban J connectivity index is 2.11. The molecular formula is C14H13BrOS. The first kappa shape index (κ1) is 12.5. The normalized spacial score (nSPS) is 10.2. The van der Waals surface area contributed by atoms with Gasteiger partial charge in [-0.3, -0.25) is 0 Å². The van der Waals surface area contributed by atoms with E-state index < -0.39 is 0 Å². The van der Waals surface area contributed by atoms with Crippen molar-refractivity contribution in [3.8, 4) is 5.75 Å². The van der Waals surface area contributed by atoms with Crippen molar-refractivity contribution in [1.29, 1.82) is 0 Å². The summed E-state index contributed by atoms with van der Waals surface area (Å²) in [6, 6.07) is 16.3. The highest BCUT2D eigenvalue weighted by atomic mass is 79.9. The average Bonchev–Trinajstić information content (AvgIpc) is 2.38. The first-order chi connectivity index (χ1) is 8.29. The summed E-state index contributed by atoms with van der Waals surface area (Å²) in [4.78, 5) is 1.16. The van der Waals surface area contributed by atoms with Crippen LogP contribution in [0, 0.1) is 0 Å². The van der Waals surface area contributed by atoms with Crippen molar-refractivity contribution in [2.45, 2.75) is 11.5 Å². The van der Waals surface area contributed by atoms with E-state index in [0.717, 1.165) is 15.1 Å². The standard InChI is InChI=1S/C14H13BrOS/c1-17-14-8-7-12(15)9-13(14)16-10-11-5-3-2-4-6-11/h2-9H,10H2,1H3. The van der Waals surface area contributed by atoms with E-state index in [-0.39, 0.29) is 0 Å². The molecule has 0 aliphatic heterocycles. The molecule has 0 spiro atoms. The number of hydrogen-bond donors (Lipinski definition) is 0. The maximum Gasteiger partial charge on any atom is 0.134 e. The third-order valence-corrected chi connectivity index (χ3v) is 3.63. The molecule has 3 heteroatoms. The maximum absolute atomic E-state index is 5.84. The predicted molar refractivity (Wildman–Crippen MR) is 76.7 cm³/mol. The first-order valence-corrected chi connectivity index (χ1v) is 7.31. The van der Waals surface area contributed by atoms with Crippen molar-refractivity contribution in [3.05, 3.63) is 58.6 Å². The van der Waals surface area contributed by atoms with E-state index in [1.165, 1.54) is 5.56 Å². The molecular weight excluding hydrogens is 296 g/mol. The molecule has 0 bridgehead atoms. The molecule has 0 N–H and O–H groups in total. The van der Waals surface area contributed by atoms with Crippen LogP contribution in [0.3, 0.4) is 0 Å². The summed E-state index contributed by atoms with van der Waals surface area (Å²) in [5.74, 6) is 0.927. The summed E-state index contributed by atoms with van der Waals surface area (Å²) < 4.78 is 6.88. The molecule has 1 nitrogen and oxygen atoms in total. The van der Waals surface area contributed by atoms with Gasteiger partial charge >= 0.3 is 0 Å². The zero-order chi connectivity index (χ0) is 12.1. The minimum absolute atomic E-state index is 0.602. The second kappa shape index (κ2) is 6.12. The summed E-state index contributed by atoms with van der Waals surface area (Å²) in [6.07, 6.45) is 2.05. The van der Waals surface area contributed by atoms with Gasteiger partial charge in [-0.05, 0) is 30.0 Å². The van der Waals surface area contributed by atoms with Crippen LogP contribution in [0.1, 0.15) is 5.56 Å². The van der Waals surface area contributed by atoms with Crippen molar-refractivity contribution in [1.82, 2.24) is 0 Å². The van der Waals surface area contributed by atoms with E-state index in [1.54, 1.807) is 11.8 Å². The number of halogens is 1. The molecule has 0 saturated heterocycles. The molecule has 2 rings (SSSR count). The maximum atomic E-state index is 5.84. The van der Waals surface area contributed by atoms with Gasteiger partial charge in [0, 0.05) is 9.37 Å². The van der Waals surface area contributed by atoms with Crippen molar-refractivity contribution in [3.63, 3.8) is 0 Å². The van der Waals surface area contributed by atoms with Gasteiger partial charge in [0.25, 0.3) is 0 Å². The Morgan fingerprint density at radius 1 is 1.12 bits per heavy atom. The molecule has 0 aliphatic carbocycles. The Hall–Kier alpha value is -0.930. The Labute approximate surface area is 114 Å². The summed E-state index contributed by atoms with van der Waals surface area (Å²) >= 11 is 5.16. The Morgan fingerprint density at radius 3 is 2.59 bits per heavy atom. The molecule has 2 aromatic rings. The van der Waals surface area contributed by atoms with Gasteiger partial charge < -0.3 is 4.74 Å². The van der Waals surface area contributed by atoms with Gasteiger partial charge in [0.1, 0.15) is 12.4 Å². The topological polar surface area (TPSA) is 9.23 Å². The second-order valence-electron chi connectivity index (χ2n) is 3.57. The Kier molecular flexibility index (Phi) is 4.51. The molecule has 0 unspecified atom stereocenters. The molecule has 0 heterocycles. The Bertz CT molecular complexity index is 485. The lowest BCUT2D eigenvalue weighted by Gasteiger charge is -2.10. The fourth-order valence-electron chi connectivity index (χ4n) is 1.50. The monoisotopic (exact) mass is 308 g/mol. The van der Waals surface area contributed by atoms with Crippen LogP contribution in [0.4, 0.5) is 0 Å². The second-order valence-corrected chi connectivity index (χ2v) is 5.33. The first-order valence-electron chi connectivity index (χ1n) is 5.30. The number of thioether (sulfide) groups is 1. The lowest BCUT2D eigenvalue weighted by molar-refractivity contribution is 0.299. The summed E-state index contributed by atoms with van der Waals surface area (Å²) in [6.45, 7) is 0.602. The average molecular weight is 309 g/mol. The van der Waals surface area contributed by atoms with Gasteiger partial charge in [0.05, 0.1) is 0 Å². The minimum atomic E-state index is 0.602. The fraction of sp³-hybridized carbons (Fsp3) is 0.143. The van der Waals surface area contributed by atoms with E-state index in [1.807, 2.05) is 30.3 Å². The zero-order valence-corrected chi connectivity index (χ0v) is 11.9. The summed E-state index contributed by atoms with van der Waals surface area (Å²) in [5.41, 5.74) is 1.18. The van der Waals surface area contributed by atoms with Gasteiger partial charge in [-0.1, -0.05) is 46.3 Å². The highest BCUT2D eigenvalue weighted by Crippen LogP contribution is 2.31. The van der Waals surface area contributed by atoms with Gasteiger partial charge in [-0.15, -0.1) is 11.8 Å². The van der Waals surface area contributed by atoms with E-state index in [9.17, 15) is 0 Å². The molecule has 0 aliphatic rings. The molecule has 88 valence electrons. The summed E-state index contributed by atoms with van der Waals surface area (Å²) in [5, 5.41) is 0. The van der Waals surface area contributed by atoms with Crippen LogP contribution in [0.25, 0.3) is 0 Å². The van der Waals surface area contributed by atoms with E-state index in [4.69, 9.17) is 4.74 Å². The van der Waals surface area contributed by atoms with Crippen LogP contribution in [-0.4, -0.2) is 6.26 Å². The Morgan fingerprint density at radius 2 is 1.88 bits per heavy atom. The largest absolute Gasteiger partial charge is 0.488 e. The smallest absolute Gasteiger partial charge is 0.134 e. The van der Waals surface area contributed by atoms with Crippen molar-refractivity contribution < 1.29 is 4.74 Å². The number of rotatable bonds is 4. The van der Waals surface area contributed by atoms with Gasteiger partial charge in [-0.25, -0.2) is 0 Å². The van der Waals surface area contributed by atoms with E-state index >= 15 is 0 Å². The fourth-order valence-corrected chi connectivity index (χ4v) is 2.36. The van der Waals surface area contributed by atoms with Crippen molar-refractivity contribution in [2.75, 3.05) is 6.26 Å². The molecule has 0 amide bonds. The quantitative estimate of drug-likeness (QED) is 0.754. The molecule has 0 atom stereocenters. The third-order valence-electron chi connectivity index (χ3n) is 2.36. The molecule has 0 fully saturated rings. The van der Waals surface area contributed by atoms with E-state index in [0.29, 0.717) is 6.61 Å². The van der Waals surface area contributed by atoms with Crippen LogP contribution < -0.4 is 4.74 Å². The lowest BCUT2D eigenvalue weighted by atomic mass is 10.2. The van der Waals surface area contributed by atoms with Crippen LogP contribution >= 0.6 is 27.7 Å². The number of ether oxygens (including phenoxy) is 1.